The highest BCUT2D eigenvalue weighted by Crippen LogP contribution is 2.31. The van der Waals surface area contributed by atoms with Gasteiger partial charge in [-0.15, -0.1) is 0 Å². The van der Waals surface area contributed by atoms with Crippen molar-refractivity contribution >= 4 is 28.7 Å². The molecule has 28 heavy (non-hydrogen) atoms. The van der Waals surface area contributed by atoms with E-state index in [1.807, 2.05) is 41.7 Å². The molecule has 0 fully saturated rings. The van der Waals surface area contributed by atoms with Gasteiger partial charge in [-0.25, -0.2) is 4.98 Å². The smallest absolute Gasteiger partial charge is 0.157 e. The molecular formula is C22H19N5O. The van der Waals surface area contributed by atoms with Crippen LogP contribution in [0.1, 0.15) is 29.2 Å². The Balaban J connectivity index is 1.92. The minimum absolute atomic E-state index is 0.190. The zero-order valence-electron chi connectivity index (χ0n) is 15.6. The van der Waals surface area contributed by atoms with Crippen molar-refractivity contribution in [3.8, 4) is 11.8 Å². The molecule has 0 spiro atoms. The molecule has 0 unspecified atom stereocenters. The van der Waals surface area contributed by atoms with Crippen molar-refractivity contribution in [1.29, 1.82) is 5.26 Å². The number of nitrogens with zero attached hydrogens (tertiary/aromatic N) is 4. The zero-order valence-corrected chi connectivity index (χ0v) is 15.6. The number of hydrogen-bond acceptors (Lipinski definition) is 5. The molecule has 0 aliphatic heterocycles. The van der Waals surface area contributed by atoms with E-state index < -0.39 is 0 Å². The quantitative estimate of drug-likeness (QED) is 0.413. The minimum Gasteiger partial charge on any atom is -0.508 e. The van der Waals surface area contributed by atoms with Crippen LogP contribution in [0.2, 0.25) is 0 Å². The van der Waals surface area contributed by atoms with Crippen LogP contribution in [0.3, 0.4) is 0 Å². The van der Waals surface area contributed by atoms with Crippen LogP contribution in [-0.2, 0) is 6.42 Å². The van der Waals surface area contributed by atoms with E-state index in [1.54, 1.807) is 24.4 Å². The van der Waals surface area contributed by atoms with Crippen molar-refractivity contribution < 1.29 is 5.11 Å². The Bertz CT molecular complexity index is 1260. The van der Waals surface area contributed by atoms with Gasteiger partial charge in [0.25, 0.3) is 0 Å². The van der Waals surface area contributed by atoms with E-state index in [2.05, 4.69) is 28.5 Å². The van der Waals surface area contributed by atoms with Gasteiger partial charge in [-0.2, -0.15) is 10.4 Å². The number of phenolic OH excluding ortho intramolecular Hbond substituents is 1. The number of nitriles is 1. The van der Waals surface area contributed by atoms with Crippen molar-refractivity contribution in [2.24, 2.45) is 5.10 Å². The third-order valence-corrected chi connectivity index (χ3v) is 4.84. The number of aromatic hydroxyl groups is 1. The molecule has 6 nitrogen and oxygen atoms in total. The Labute approximate surface area is 162 Å². The summed E-state index contributed by atoms with van der Waals surface area (Å²) in [4.78, 5) is 4.68. The van der Waals surface area contributed by atoms with E-state index in [-0.39, 0.29) is 5.75 Å². The Kier molecular flexibility index (Phi) is 4.42. The fourth-order valence-electron chi connectivity index (χ4n) is 3.51. The van der Waals surface area contributed by atoms with Crippen molar-refractivity contribution in [1.82, 2.24) is 9.38 Å². The summed E-state index contributed by atoms with van der Waals surface area (Å²) in [6, 6.07) is 17.0. The van der Waals surface area contributed by atoms with Crippen LogP contribution >= 0.6 is 0 Å². The molecule has 2 aromatic heterocycles. The average Bonchev–Trinajstić information content (AvgIpc) is 3.07. The number of imidazole rings is 1. The first-order valence-electron chi connectivity index (χ1n) is 9.05. The van der Waals surface area contributed by atoms with E-state index in [9.17, 15) is 10.4 Å². The van der Waals surface area contributed by atoms with Crippen molar-refractivity contribution in [2.75, 3.05) is 5.43 Å². The number of benzene rings is 2. The SMILES string of the molecule is CCc1c(C)c(C#N)c2nc3ccccc3n2c1N/N=C/c1cccc(O)c1. The Hall–Kier alpha value is -3.85. The third-order valence-electron chi connectivity index (χ3n) is 4.84. The summed E-state index contributed by atoms with van der Waals surface area (Å²) >= 11 is 0. The Morgan fingerprint density at radius 2 is 2.07 bits per heavy atom. The second-order valence-corrected chi connectivity index (χ2v) is 6.52. The largest absolute Gasteiger partial charge is 0.508 e. The molecule has 0 saturated carbocycles. The molecule has 138 valence electrons. The summed E-state index contributed by atoms with van der Waals surface area (Å²) in [6.45, 7) is 4.00. The molecule has 6 heteroatoms. The maximum absolute atomic E-state index is 9.73. The van der Waals surface area contributed by atoms with Crippen LogP contribution in [0.4, 0.5) is 5.82 Å². The van der Waals surface area contributed by atoms with Gasteiger partial charge in [-0.1, -0.05) is 31.2 Å². The van der Waals surface area contributed by atoms with E-state index in [0.717, 1.165) is 40.0 Å². The molecule has 0 atom stereocenters. The van der Waals surface area contributed by atoms with Crippen LogP contribution in [0.25, 0.3) is 16.7 Å². The molecule has 0 aliphatic carbocycles. The minimum atomic E-state index is 0.190. The number of pyridine rings is 1. The van der Waals surface area contributed by atoms with Gasteiger partial charge in [0.05, 0.1) is 22.8 Å². The van der Waals surface area contributed by atoms with Gasteiger partial charge in [0.1, 0.15) is 17.6 Å². The lowest BCUT2D eigenvalue weighted by molar-refractivity contribution is 0.475. The van der Waals surface area contributed by atoms with E-state index in [0.29, 0.717) is 11.2 Å². The number of fused-ring (bicyclic) bond motifs is 3. The predicted molar refractivity (Wildman–Crippen MR) is 111 cm³/mol. The number of hydrazone groups is 1. The van der Waals surface area contributed by atoms with E-state index in [1.165, 1.54) is 0 Å². The molecule has 0 aliphatic rings. The summed E-state index contributed by atoms with van der Waals surface area (Å²) in [7, 11) is 0. The van der Waals surface area contributed by atoms with Gasteiger partial charge < -0.3 is 5.11 Å². The maximum Gasteiger partial charge on any atom is 0.157 e. The van der Waals surface area contributed by atoms with Gasteiger partial charge in [0.2, 0.25) is 0 Å². The van der Waals surface area contributed by atoms with Crippen LogP contribution in [0.15, 0.2) is 53.6 Å². The summed E-state index contributed by atoms with van der Waals surface area (Å²) in [5.41, 5.74) is 8.79. The number of anilines is 1. The lowest BCUT2D eigenvalue weighted by atomic mass is 10.0. The number of para-hydroxylation sites is 2. The summed E-state index contributed by atoms with van der Waals surface area (Å²) in [5, 5.41) is 23.7. The Morgan fingerprint density at radius 1 is 1.25 bits per heavy atom. The first kappa shape index (κ1) is 17.6. The maximum atomic E-state index is 9.73. The topological polar surface area (TPSA) is 85.7 Å². The van der Waals surface area contributed by atoms with Crippen LogP contribution in [0.5, 0.6) is 5.75 Å². The first-order chi connectivity index (χ1) is 13.6. The van der Waals surface area contributed by atoms with Gasteiger partial charge in [-0.3, -0.25) is 9.83 Å². The highest BCUT2D eigenvalue weighted by atomic mass is 16.3. The molecule has 0 radical (unpaired) electrons. The third kappa shape index (κ3) is 2.83. The zero-order chi connectivity index (χ0) is 19.7. The molecular weight excluding hydrogens is 350 g/mol. The molecule has 0 amide bonds. The van der Waals surface area contributed by atoms with Crippen LogP contribution in [-0.4, -0.2) is 20.7 Å². The lowest BCUT2D eigenvalue weighted by Crippen LogP contribution is -2.07. The molecule has 0 saturated heterocycles. The normalized spacial score (nSPS) is 11.3. The van der Waals surface area contributed by atoms with Crippen LogP contribution in [0, 0.1) is 18.3 Å². The van der Waals surface area contributed by atoms with Crippen molar-refractivity contribution in [2.45, 2.75) is 20.3 Å². The monoisotopic (exact) mass is 369 g/mol. The summed E-state index contributed by atoms with van der Waals surface area (Å²) in [5.74, 6) is 0.981. The highest BCUT2D eigenvalue weighted by Gasteiger charge is 2.19. The van der Waals surface area contributed by atoms with Crippen molar-refractivity contribution in [3.63, 3.8) is 0 Å². The first-order valence-corrected chi connectivity index (χ1v) is 9.05. The number of phenols is 1. The number of nitrogens with one attached hydrogen (secondary N) is 1. The molecule has 2 N–H and O–H groups in total. The number of rotatable bonds is 4. The second-order valence-electron chi connectivity index (χ2n) is 6.52. The van der Waals surface area contributed by atoms with Gasteiger partial charge in [-0.05, 0) is 54.3 Å². The fraction of sp³-hybridized carbons (Fsp3) is 0.136. The van der Waals surface area contributed by atoms with Crippen LogP contribution < -0.4 is 5.43 Å². The highest BCUT2D eigenvalue weighted by molar-refractivity contribution is 5.86. The number of aromatic nitrogens is 2. The van der Waals surface area contributed by atoms with Crippen molar-refractivity contribution in [3.05, 3.63) is 70.8 Å². The standard InChI is InChI=1S/C22H19N5O/c1-3-17-14(2)18(12-23)21-25-19-9-4-5-10-20(19)27(21)22(17)26-24-13-15-7-6-8-16(28)11-15/h4-11,13,26,28H,3H2,1-2H3/b24-13+. The summed E-state index contributed by atoms with van der Waals surface area (Å²) < 4.78 is 1.96. The second kappa shape index (κ2) is 7.05. The molecule has 2 aromatic carbocycles. The average molecular weight is 369 g/mol. The van der Waals surface area contributed by atoms with E-state index >= 15 is 0 Å². The lowest BCUT2D eigenvalue weighted by Gasteiger charge is -2.15. The van der Waals surface area contributed by atoms with Gasteiger partial charge in [0.15, 0.2) is 5.65 Å². The van der Waals surface area contributed by atoms with Gasteiger partial charge >= 0.3 is 0 Å². The van der Waals surface area contributed by atoms with Gasteiger partial charge in [0, 0.05) is 0 Å². The molecule has 0 bridgehead atoms. The molecule has 4 rings (SSSR count). The fourth-order valence-corrected chi connectivity index (χ4v) is 3.51. The molecule has 2 heterocycles. The van der Waals surface area contributed by atoms with E-state index in [4.69, 9.17) is 0 Å². The summed E-state index contributed by atoms with van der Waals surface area (Å²) in [6.07, 6.45) is 2.39. The molecule has 4 aromatic rings. The number of hydrogen-bond donors (Lipinski definition) is 2. The predicted octanol–water partition coefficient (Wildman–Crippen LogP) is 4.38. The Morgan fingerprint density at radius 3 is 2.82 bits per heavy atom.